The number of nitrogens with zero attached hydrogens (tertiary/aromatic N) is 1. The highest BCUT2D eigenvalue weighted by Gasteiger charge is 2.32. The third-order valence-electron chi connectivity index (χ3n) is 8.14. The van der Waals surface area contributed by atoms with E-state index in [-0.39, 0.29) is 12.0 Å². The maximum absolute atomic E-state index is 12.7. The van der Waals surface area contributed by atoms with Crippen LogP contribution in [-0.4, -0.2) is 43.8 Å². The van der Waals surface area contributed by atoms with E-state index in [1.54, 1.807) is 0 Å². The van der Waals surface area contributed by atoms with Crippen LogP contribution in [0.25, 0.3) is 0 Å². The van der Waals surface area contributed by atoms with Gasteiger partial charge in [0.2, 0.25) is 0 Å². The molecule has 2 aromatic rings. The highest BCUT2D eigenvalue weighted by Crippen LogP contribution is 2.22. The summed E-state index contributed by atoms with van der Waals surface area (Å²) in [5.41, 5.74) is 2.54. The van der Waals surface area contributed by atoms with Crippen molar-refractivity contribution in [2.24, 2.45) is 0 Å². The zero-order valence-corrected chi connectivity index (χ0v) is 26.2. The first-order valence-electron chi connectivity index (χ1n) is 16.2. The van der Waals surface area contributed by atoms with Gasteiger partial charge in [0.15, 0.2) is 6.04 Å². The molecule has 0 aliphatic carbocycles. The van der Waals surface area contributed by atoms with Gasteiger partial charge in [-0.05, 0) is 44.2 Å². The van der Waals surface area contributed by atoms with Crippen molar-refractivity contribution in [2.45, 2.75) is 123 Å². The summed E-state index contributed by atoms with van der Waals surface area (Å²) in [4.78, 5) is 12.7. The van der Waals surface area contributed by atoms with E-state index in [0.29, 0.717) is 17.7 Å². The normalized spacial score (nSPS) is 12.3. The number of esters is 1. The number of para-hydroxylation sites is 1. The summed E-state index contributed by atoms with van der Waals surface area (Å²) < 4.78 is 12.3. The fourth-order valence-corrected chi connectivity index (χ4v) is 5.16. The average Bonchev–Trinajstić information content (AvgIpc) is 2.95. The number of hydrogen-bond acceptors (Lipinski definition) is 3. The van der Waals surface area contributed by atoms with Crippen LogP contribution in [0, 0.1) is 0 Å². The van der Waals surface area contributed by atoms with E-state index in [1.807, 2.05) is 25.1 Å². The van der Waals surface area contributed by atoms with Crippen LogP contribution in [0.4, 0.5) is 0 Å². The van der Waals surface area contributed by atoms with Crippen molar-refractivity contribution >= 4 is 5.97 Å². The van der Waals surface area contributed by atoms with Crippen LogP contribution in [-0.2, 0) is 22.5 Å². The quantitative estimate of drug-likeness (QED) is 0.0783. The molecule has 0 radical (unpaired) electrons. The average molecular weight is 553 g/mol. The molecule has 0 aromatic heterocycles. The molecular formula is C36H58NO3+. The third kappa shape index (κ3) is 14.3. The van der Waals surface area contributed by atoms with E-state index in [2.05, 4.69) is 57.4 Å². The molecule has 224 valence electrons. The highest BCUT2D eigenvalue weighted by molar-refractivity contribution is 5.74. The van der Waals surface area contributed by atoms with Gasteiger partial charge in [-0.2, -0.15) is 0 Å². The fourth-order valence-electron chi connectivity index (χ4n) is 5.16. The van der Waals surface area contributed by atoms with E-state index >= 15 is 0 Å². The molecule has 0 heterocycles. The van der Waals surface area contributed by atoms with Gasteiger partial charge >= 0.3 is 5.97 Å². The number of carbonyl (C=O) groups is 1. The molecule has 2 aromatic carbocycles. The lowest BCUT2D eigenvalue weighted by Gasteiger charge is -2.34. The van der Waals surface area contributed by atoms with Gasteiger partial charge < -0.3 is 14.0 Å². The molecule has 0 aliphatic rings. The van der Waals surface area contributed by atoms with Crippen molar-refractivity contribution in [2.75, 3.05) is 27.3 Å². The largest absolute Gasteiger partial charge is 0.493 e. The molecule has 0 spiro atoms. The minimum absolute atomic E-state index is 0.130. The second-order valence-corrected chi connectivity index (χ2v) is 12.1. The molecule has 40 heavy (non-hydrogen) atoms. The maximum Gasteiger partial charge on any atom is 0.364 e. The van der Waals surface area contributed by atoms with Gasteiger partial charge in [0.05, 0.1) is 27.3 Å². The molecule has 1 atom stereocenters. The summed E-state index contributed by atoms with van der Waals surface area (Å²) in [6, 6.07) is 18.5. The van der Waals surface area contributed by atoms with E-state index < -0.39 is 0 Å². The standard InChI is InChI=1S/C36H58NO3/c1-5-6-7-8-9-10-11-12-13-14-15-19-26-34-27-20-21-28-35(34)39-29-22-23-30-40-36(38)32(2)37(3,4)31-33-24-17-16-18-25-33/h16-18,20-21,24-25,27-28,32H,5-15,19,22-23,26,29-31H2,1-4H3/q+1. The Kier molecular flexibility index (Phi) is 17.4. The molecule has 0 bridgehead atoms. The SMILES string of the molecule is CCCCCCCCCCCCCCc1ccccc1OCCCCOC(=O)C(C)[N+](C)(C)Cc1ccccc1. The number of rotatable bonds is 23. The third-order valence-corrected chi connectivity index (χ3v) is 8.14. The molecule has 1 unspecified atom stereocenters. The van der Waals surface area contributed by atoms with Crippen molar-refractivity contribution in [1.29, 1.82) is 0 Å². The van der Waals surface area contributed by atoms with Gasteiger partial charge in [-0.3, -0.25) is 0 Å². The minimum atomic E-state index is -0.219. The van der Waals surface area contributed by atoms with Crippen LogP contribution in [0.5, 0.6) is 5.75 Å². The number of benzene rings is 2. The number of ether oxygens (including phenoxy) is 2. The summed E-state index contributed by atoms with van der Waals surface area (Å²) in [5, 5.41) is 0. The molecule has 0 fully saturated rings. The summed E-state index contributed by atoms with van der Waals surface area (Å²) in [7, 11) is 4.17. The van der Waals surface area contributed by atoms with E-state index in [1.165, 1.54) is 88.2 Å². The van der Waals surface area contributed by atoms with Gasteiger partial charge in [-0.1, -0.05) is 126 Å². The van der Waals surface area contributed by atoms with E-state index in [9.17, 15) is 4.79 Å². The Labute approximate surface area is 246 Å². The van der Waals surface area contributed by atoms with Crippen molar-refractivity contribution in [3.05, 3.63) is 65.7 Å². The van der Waals surface area contributed by atoms with Gasteiger partial charge in [-0.25, -0.2) is 4.79 Å². The summed E-state index contributed by atoms with van der Waals surface area (Å²) in [5.74, 6) is 0.880. The van der Waals surface area contributed by atoms with E-state index in [0.717, 1.165) is 31.6 Å². The predicted molar refractivity (Wildman–Crippen MR) is 169 cm³/mol. The maximum atomic E-state index is 12.7. The number of unbranched alkanes of at least 4 members (excludes halogenated alkanes) is 12. The highest BCUT2D eigenvalue weighted by atomic mass is 16.5. The monoisotopic (exact) mass is 552 g/mol. The first kappa shape index (κ1) is 33.9. The van der Waals surface area contributed by atoms with Crippen molar-refractivity contribution in [3.8, 4) is 5.75 Å². The molecule has 4 heteroatoms. The number of carbonyl (C=O) groups excluding carboxylic acids is 1. The number of likely N-dealkylation sites (N-methyl/N-ethyl adjacent to an activating group) is 1. The van der Waals surface area contributed by atoms with Crippen LogP contribution in [0.2, 0.25) is 0 Å². The molecule has 4 nitrogen and oxygen atoms in total. The smallest absolute Gasteiger partial charge is 0.364 e. The molecule has 2 rings (SSSR count). The van der Waals surface area contributed by atoms with E-state index in [4.69, 9.17) is 9.47 Å². The van der Waals surface area contributed by atoms with Gasteiger partial charge in [0.1, 0.15) is 12.3 Å². The predicted octanol–water partition coefficient (Wildman–Crippen LogP) is 9.30. The van der Waals surface area contributed by atoms with Gasteiger partial charge in [-0.15, -0.1) is 0 Å². The van der Waals surface area contributed by atoms with Gasteiger partial charge in [0, 0.05) is 5.56 Å². The van der Waals surface area contributed by atoms with Gasteiger partial charge in [0.25, 0.3) is 0 Å². The first-order valence-corrected chi connectivity index (χ1v) is 16.2. The second-order valence-electron chi connectivity index (χ2n) is 12.1. The Balaban J connectivity index is 1.54. The number of hydrogen-bond donors (Lipinski definition) is 0. The Morgan fingerprint density at radius 3 is 1.90 bits per heavy atom. The van der Waals surface area contributed by atoms with Crippen LogP contribution in [0.3, 0.4) is 0 Å². The second kappa shape index (κ2) is 20.5. The number of aryl methyl sites for hydroxylation is 1. The Bertz CT molecular complexity index is 911. The molecule has 0 amide bonds. The Hall–Kier alpha value is -2.33. The molecule has 0 aliphatic heterocycles. The van der Waals surface area contributed by atoms with Crippen LogP contribution < -0.4 is 4.74 Å². The molecule has 0 N–H and O–H groups in total. The summed E-state index contributed by atoms with van der Waals surface area (Å²) in [6.45, 7) is 6.13. The lowest BCUT2D eigenvalue weighted by atomic mass is 10.0. The summed E-state index contributed by atoms with van der Waals surface area (Å²) >= 11 is 0. The van der Waals surface area contributed by atoms with Crippen LogP contribution >= 0.6 is 0 Å². The lowest BCUT2D eigenvalue weighted by Crippen LogP contribution is -2.51. The first-order chi connectivity index (χ1) is 19.4. The molecule has 0 saturated carbocycles. The number of quaternary nitrogens is 1. The molecule has 0 saturated heterocycles. The fraction of sp³-hybridized carbons (Fsp3) is 0.639. The lowest BCUT2D eigenvalue weighted by molar-refractivity contribution is -0.917. The van der Waals surface area contributed by atoms with Crippen LogP contribution in [0.1, 0.15) is 115 Å². The zero-order chi connectivity index (χ0) is 28.9. The summed E-state index contributed by atoms with van der Waals surface area (Å²) in [6.07, 6.45) is 19.2. The topological polar surface area (TPSA) is 35.5 Å². The minimum Gasteiger partial charge on any atom is -0.493 e. The zero-order valence-electron chi connectivity index (χ0n) is 26.2. The Morgan fingerprint density at radius 1 is 0.700 bits per heavy atom. The van der Waals surface area contributed by atoms with Crippen molar-refractivity contribution < 1.29 is 18.8 Å². The Morgan fingerprint density at radius 2 is 1.25 bits per heavy atom. The van der Waals surface area contributed by atoms with Crippen LogP contribution in [0.15, 0.2) is 54.6 Å². The van der Waals surface area contributed by atoms with Crippen molar-refractivity contribution in [3.63, 3.8) is 0 Å². The molecular weight excluding hydrogens is 494 g/mol. The van der Waals surface area contributed by atoms with Crippen molar-refractivity contribution in [1.82, 2.24) is 0 Å².